The number of ether oxygens (including phenoxy) is 1. The van der Waals surface area contributed by atoms with Gasteiger partial charge in [-0.1, -0.05) is 23.2 Å². The maximum atomic E-state index is 12.7. The van der Waals surface area contributed by atoms with E-state index in [1.54, 1.807) is 60.6 Å². The van der Waals surface area contributed by atoms with Crippen molar-refractivity contribution in [3.8, 4) is 5.75 Å². The molecule has 1 amide bonds. The Morgan fingerprint density at radius 1 is 1.07 bits per heavy atom. The van der Waals surface area contributed by atoms with E-state index in [4.69, 9.17) is 27.9 Å². The number of hydrogen-bond donors (Lipinski definition) is 0. The molecule has 1 aliphatic rings. The van der Waals surface area contributed by atoms with Crippen LogP contribution in [0.1, 0.15) is 28.8 Å². The van der Waals surface area contributed by atoms with Crippen LogP contribution >= 0.6 is 23.2 Å². The van der Waals surface area contributed by atoms with Crippen molar-refractivity contribution in [1.29, 1.82) is 0 Å². The molecule has 4 nitrogen and oxygen atoms in total. The minimum atomic E-state index is -0.0913. The summed E-state index contributed by atoms with van der Waals surface area (Å²) >= 11 is 12.1. The molecule has 28 heavy (non-hydrogen) atoms. The number of likely N-dealkylation sites (tertiary alicyclic amines) is 1. The molecule has 0 spiro atoms. The monoisotopic (exact) mass is 417 g/mol. The lowest BCUT2D eigenvalue weighted by Gasteiger charge is -2.30. The molecule has 1 saturated heterocycles. The van der Waals surface area contributed by atoms with Gasteiger partial charge < -0.3 is 9.64 Å². The average Bonchev–Trinajstić information content (AvgIpc) is 2.73. The number of nitrogens with zero attached hydrogens (tertiary/aromatic N) is 1. The molecule has 146 valence electrons. The molecule has 0 unspecified atom stereocenters. The third-order valence-corrected chi connectivity index (χ3v) is 5.49. The number of ketones is 1. The van der Waals surface area contributed by atoms with Gasteiger partial charge in [0.15, 0.2) is 5.78 Å². The average molecular weight is 418 g/mol. The molecule has 0 aromatic heterocycles. The number of halogens is 2. The summed E-state index contributed by atoms with van der Waals surface area (Å²) in [5.74, 6) is 0.690. The molecule has 6 heteroatoms. The summed E-state index contributed by atoms with van der Waals surface area (Å²) in [6, 6.07) is 12.3. The van der Waals surface area contributed by atoms with Gasteiger partial charge in [-0.2, -0.15) is 0 Å². The molecule has 0 bridgehead atoms. The van der Waals surface area contributed by atoms with Crippen LogP contribution in [0.3, 0.4) is 0 Å². The molecular formula is C22H21Cl2NO3. The zero-order valence-corrected chi connectivity index (χ0v) is 17.0. The molecule has 0 N–H and O–H groups in total. The first kappa shape index (κ1) is 20.4. The number of methoxy groups -OCH3 is 1. The van der Waals surface area contributed by atoms with Crippen molar-refractivity contribution in [3.05, 3.63) is 69.7 Å². The first-order valence-electron chi connectivity index (χ1n) is 9.08. The van der Waals surface area contributed by atoms with Crippen molar-refractivity contribution in [3.63, 3.8) is 0 Å². The summed E-state index contributed by atoms with van der Waals surface area (Å²) in [5.41, 5.74) is 1.38. The van der Waals surface area contributed by atoms with Crippen LogP contribution in [-0.4, -0.2) is 36.8 Å². The SMILES string of the molecule is COc1ccc(C(=O)C2CCN(C(=O)C=Cc3cc(Cl)ccc3Cl)CC2)cc1. The highest BCUT2D eigenvalue weighted by Gasteiger charge is 2.27. The van der Waals surface area contributed by atoms with E-state index in [-0.39, 0.29) is 17.6 Å². The van der Waals surface area contributed by atoms with Gasteiger partial charge in [0.2, 0.25) is 5.91 Å². The van der Waals surface area contributed by atoms with E-state index in [1.165, 1.54) is 6.08 Å². The molecule has 2 aromatic carbocycles. The summed E-state index contributed by atoms with van der Waals surface area (Å²) < 4.78 is 5.13. The fourth-order valence-electron chi connectivity index (χ4n) is 3.26. The number of amides is 1. The van der Waals surface area contributed by atoms with Gasteiger partial charge in [0.05, 0.1) is 7.11 Å². The van der Waals surface area contributed by atoms with Crippen molar-refractivity contribution in [1.82, 2.24) is 4.90 Å². The van der Waals surface area contributed by atoms with Gasteiger partial charge >= 0.3 is 0 Å². The summed E-state index contributed by atoms with van der Waals surface area (Å²) in [4.78, 5) is 26.9. The molecule has 0 aliphatic carbocycles. The van der Waals surface area contributed by atoms with Crippen molar-refractivity contribution in [2.45, 2.75) is 12.8 Å². The minimum Gasteiger partial charge on any atom is -0.497 e. The van der Waals surface area contributed by atoms with Crippen LogP contribution < -0.4 is 4.74 Å². The zero-order chi connectivity index (χ0) is 20.1. The molecule has 0 radical (unpaired) electrons. The normalized spacial score (nSPS) is 15.0. The Labute approximate surface area is 174 Å². The topological polar surface area (TPSA) is 46.6 Å². The number of carbonyl (C=O) groups excluding carboxylic acids is 2. The molecule has 3 rings (SSSR count). The first-order valence-corrected chi connectivity index (χ1v) is 9.84. The number of rotatable bonds is 5. The van der Waals surface area contributed by atoms with Crippen molar-refractivity contribution in [2.75, 3.05) is 20.2 Å². The third-order valence-electron chi connectivity index (χ3n) is 4.92. The van der Waals surface area contributed by atoms with Gasteiger partial charge in [-0.15, -0.1) is 0 Å². The van der Waals surface area contributed by atoms with Gasteiger partial charge in [-0.05, 0) is 66.9 Å². The summed E-state index contributed by atoms with van der Waals surface area (Å²) in [6.07, 6.45) is 4.49. The van der Waals surface area contributed by atoms with Crippen molar-refractivity contribution in [2.24, 2.45) is 5.92 Å². The first-order chi connectivity index (χ1) is 13.5. The maximum absolute atomic E-state index is 12.7. The van der Waals surface area contributed by atoms with Crippen LogP contribution in [-0.2, 0) is 4.79 Å². The molecule has 0 saturated carbocycles. The number of hydrogen-bond acceptors (Lipinski definition) is 3. The Kier molecular flexibility index (Phi) is 6.76. The number of Topliss-reactive ketones (excluding diaryl/α,β-unsaturated/α-hetero) is 1. The second-order valence-corrected chi connectivity index (χ2v) is 7.54. The van der Waals surface area contributed by atoms with E-state index in [2.05, 4.69) is 0 Å². The summed E-state index contributed by atoms with van der Waals surface area (Å²) in [5, 5.41) is 1.10. The van der Waals surface area contributed by atoms with Gasteiger partial charge in [0, 0.05) is 40.7 Å². The highest BCUT2D eigenvalue weighted by atomic mass is 35.5. The van der Waals surface area contributed by atoms with Crippen LogP contribution in [0.2, 0.25) is 10.0 Å². The fraction of sp³-hybridized carbons (Fsp3) is 0.273. The minimum absolute atomic E-state index is 0.0659. The smallest absolute Gasteiger partial charge is 0.246 e. The zero-order valence-electron chi connectivity index (χ0n) is 15.5. The van der Waals surface area contributed by atoms with Crippen LogP contribution in [0.5, 0.6) is 5.75 Å². The lowest BCUT2D eigenvalue weighted by atomic mass is 9.89. The van der Waals surface area contributed by atoms with E-state index >= 15 is 0 Å². The van der Waals surface area contributed by atoms with E-state index < -0.39 is 0 Å². The number of benzene rings is 2. The van der Waals surface area contributed by atoms with Crippen LogP contribution in [0.4, 0.5) is 0 Å². The Hall–Kier alpha value is -2.30. The maximum Gasteiger partial charge on any atom is 0.246 e. The largest absolute Gasteiger partial charge is 0.497 e. The Morgan fingerprint density at radius 3 is 2.39 bits per heavy atom. The second-order valence-electron chi connectivity index (χ2n) is 6.69. The molecular weight excluding hydrogens is 397 g/mol. The van der Waals surface area contributed by atoms with Crippen LogP contribution in [0.15, 0.2) is 48.5 Å². The quantitative estimate of drug-likeness (QED) is 0.499. The van der Waals surface area contributed by atoms with Gasteiger partial charge in [0.1, 0.15) is 5.75 Å². The lowest BCUT2D eigenvalue weighted by molar-refractivity contribution is -0.127. The van der Waals surface area contributed by atoms with E-state index in [0.29, 0.717) is 47.1 Å². The highest BCUT2D eigenvalue weighted by Crippen LogP contribution is 2.24. The Bertz CT molecular complexity index is 885. The van der Waals surface area contributed by atoms with Crippen LogP contribution in [0, 0.1) is 5.92 Å². The predicted molar refractivity (Wildman–Crippen MR) is 112 cm³/mol. The molecule has 1 aliphatic heterocycles. The molecule has 0 atom stereocenters. The van der Waals surface area contributed by atoms with Gasteiger partial charge in [0.25, 0.3) is 0 Å². The number of carbonyl (C=O) groups is 2. The van der Waals surface area contributed by atoms with E-state index in [0.717, 1.165) is 5.75 Å². The van der Waals surface area contributed by atoms with Crippen molar-refractivity contribution < 1.29 is 14.3 Å². The molecule has 2 aromatic rings. The standard InChI is InChI=1S/C22H21Cl2NO3/c1-28-19-6-2-15(3-7-19)22(27)16-10-12-25(13-11-16)21(26)9-4-17-14-18(23)5-8-20(17)24/h2-9,14,16H,10-13H2,1H3. The third kappa shape index (κ3) is 4.94. The van der Waals surface area contributed by atoms with E-state index in [1.807, 2.05) is 0 Å². The summed E-state index contributed by atoms with van der Waals surface area (Å²) in [7, 11) is 1.60. The fourth-order valence-corrected chi connectivity index (χ4v) is 3.62. The van der Waals surface area contributed by atoms with Gasteiger partial charge in [-0.3, -0.25) is 9.59 Å². The van der Waals surface area contributed by atoms with Crippen LogP contribution in [0.25, 0.3) is 6.08 Å². The predicted octanol–water partition coefficient (Wildman–Crippen LogP) is 5.14. The summed E-state index contributed by atoms with van der Waals surface area (Å²) in [6.45, 7) is 1.11. The molecule has 1 fully saturated rings. The van der Waals surface area contributed by atoms with E-state index in [9.17, 15) is 9.59 Å². The highest BCUT2D eigenvalue weighted by molar-refractivity contribution is 6.34. The number of piperidine rings is 1. The lowest BCUT2D eigenvalue weighted by Crippen LogP contribution is -2.39. The Balaban J connectivity index is 1.56. The second kappa shape index (κ2) is 9.26. The Morgan fingerprint density at radius 2 is 1.75 bits per heavy atom. The van der Waals surface area contributed by atoms with Gasteiger partial charge in [-0.25, -0.2) is 0 Å². The van der Waals surface area contributed by atoms with Crippen molar-refractivity contribution >= 4 is 41.0 Å². The molecule has 1 heterocycles.